The normalized spacial score (nSPS) is 13.2. The minimum absolute atomic E-state index is 0.239. The van der Waals surface area contributed by atoms with Gasteiger partial charge in [0.05, 0.1) is 112 Å². The fourth-order valence-electron chi connectivity index (χ4n) is 2.62. The Labute approximate surface area is 206 Å². The van der Waals surface area contributed by atoms with Crippen LogP contribution in [0.25, 0.3) is 0 Å². The maximum Gasteiger partial charge on any atom is 0.308 e. The summed E-state index contributed by atoms with van der Waals surface area (Å²) >= 11 is 0. The summed E-state index contributed by atoms with van der Waals surface area (Å²) in [5.41, 5.74) is 0. The number of hydrogen-bond acceptors (Lipinski definition) is 11. The SMILES string of the molecule is CCOC(=O)CCOCCOCCOCCOCCOCCOCCOCCN1C(=O)C=CC1=O. The molecule has 1 aliphatic rings. The molecular weight excluding hydrogens is 466 g/mol. The van der Waals surface area contributed by atoms with Crippen molar-refractivity contribution >= 4 is 17.8 Å². The predicted octanol–water partition coefficient (Wildman–Crippen LogP) is -0.0192. The van der Waals surface area contributed by atoms with Gasteiger partial charge in [-0.1, -0.05) is 0 Å². The zero-order valence-electron chi connectivity index (χ0n) is 20.6. The molecule has 0 spiro atoms. The van der Waals surface area contributed by atoms with E-state index in [1.54, 1.807) is 6.92 Å². The first-order valence-electron chi connectivity index (χ1n) is 11.9. The molecule has 0 aromatic rings. The van der Waals surface area contributed by atoms with Crippen molar-refractivity contribution in [1.29, 1.82) is 0 Å². The first-order valence-corrected chi connectivity index (χ1v) is 11.9. The van der Waals surface area contributed by atoms with Gasteiger partial charge in [-0.25, -0.2) is 0 Å². The Morgan fingerprint density at radius 1 is 0.600 bits per heavy atom. The second-order valence-corrected chi connectivity index (χ2v) is 7.00. The number of carbonyl (C=O) groups excluding carboxylic acids is 3. The first kappa shape index (κ1) is 31.1. The van der Waals surface area contributed by atoms with E-state index in [1.807, 2.05) is 0 Å². The Hall–Kier alpha value is -1.93. The van der Waals surface area contributed by atoms with Gasteiger partial charge in [0.2, 0.25) is 0 Å². The lowest BCUT2D eigenvalue weighted by Gasteiger charge is -2.13. The van der Waals surface area contributed by atoms with E-state index >= 15 is 0 Å². The molecule has 0 bridgehead atoms. The summed E-state index contributed by atoms with van der Waals surface area (Å²) in [5, 5.41) is 0. The number of esters is 1. The molecule has 0 fully saturated rings. The molecule has 12 nitrogen and oxygen atoms in total. The third kappa shape index (κ3) is 18.1. The summed E-state index contributed by atoms with van der Waals surface area (Å²) in [6, 6.07) is 0. The van der Waals surface area contributed by atoms with E-state index in [2.05, 4.69) is 0 Å². The molecule has 12 heteroatoms. The van der Waals surface area contributed by atoms with Gasteiger partial charge in [0, 0.05) is 12.2 Å². The molecule has 0 saturated heterocycles. The Morgan fingerprint density at radius 3 is 1.31 bits per heavy atom. The van der Waals surface area contributed by atoms with Crippen LogP contribution in [0.5, 0.6) is 0 Å². The van der Waals surface area contributed by atoms with Gasteiger partial charge in [-0.3, -0.25) is 19.3 Å². The number of hydrogen-bond donors (Lipinski definition) is 0. The van der Waals surface area contributed by atoms with Crippen molar-refractivity contribution < 1.29 is 52.3 Å². The van der Waals surface area contributed by atoms with Gasteiger partial charge in [0.1, 0.15) is 0 Å². The van der Waals surface area contributed by atoms with E-state index in [4.69, 9.17) is 37.9 Å². The quantitative estimate of drug-likeness (QED) is 0.0943. The zero-order valence-corrected chi connectivity index (χ0v) is 20.6. The highest BCUT2D eigenvalue weighted by Gasteiger charge is 2.22. The third-order valence-electron chi connectivity index (χ3n) is 4.35. The molecule has 0 atom stereocenters. The largest absolute Gasteiger partial charge is 0.466 e. The van der Waals surface area contributed by atoms with Crippen LogP contribution in [-0.4, -0.2) is 128 Å². The Balaban J connectivity index is 1.67. The van der Waals surface area contributed by atoms with Crippen LogP contribution in [0.1, 0.15) is 13.3 Å². The topological polar surface area (TPSA) is 128 Å². The van der Waals surface area contributed by atoms with Crippen molar-refractivity contribution in [2.24, 2.45) is 0 Å². The molecule has 0 radical (unpaired) electrons. The van der Waals surface area contributed by atoms with Gasteiger partial charge in [0.25, 0.3) is 11.8 Å². The van der Waals surface area contributed by atoms with Crippen molar-refractivity contribution in [1.82, 2.24) is 4.90 Å². The lowest BCUT2D eigenvalue weighted by molar-refractivity contribution is -0.144. The first-order chi connectivity index (χ1) is 17.1. The zero-order chi connectivity index (χ0) is 25.4. The predicted molar refractivity (Wildman–Crippen MR) is 123 cm³/mol. The number of carbonyl (C=O) groups is 3. The van der Waals surface area contributed by atoms with Crippen LogP contribution < -0.4 is 0 Å². The van der Waals surface area contributed by atoms with Crippen LogP contribution in [0, 0.1) is 0 Å². The Kier molecular flexibility index (Phi) is 20.0. The van der Waals surface area contributed by atoms with Crippen LogP contribution in [0.2, 0.25) is 0 Å². The van der Waals surface area contributed by atoms with Crippen LogP contribution in [-0.2, 0) is 52.3 Å². The van der Waals surface area contributed by atoms with Crippen LogP contribution in [0.4, 0.5) is 0 Å². The molecule has 2 amide bonds. The molecule has 0 N–H and O–H groups in total. The summed E-state index contributed by atoms with van der Waals surface area (Å²) in [6.45, 7) is 8.34. The fourth-order valence-corrected chi connectivity index (χ4v) is 2.62. The van der Waals surface area contributed by atoms with Crippen molar-refractivity contribution in [3.8, 4) is 0 Å². The van der Waals surface area contributed by atoms with Crippen molar-refractivity contribution in [2.75, 3.05) is 106 Å². The van der Waals surface area contributed by atoms with Gasteiger partial charge >= 0.3 is 5.97 Å². The summed E-state index contributed by atoms with van der Waals surface area (Å²) in [6.07, 6.45) is 2.75. The Bertz CT molecular complexity index is 582. The molecule has 0 aromatic carbocycles. The van der Waals surface area contributed by atoms with Gasteiger partial charge in [-0.05, 0) is 6.92 Å². The summed E-state index contributed by atoms with van der Waals surface area (Å²) in [4.78, 5) is 34.9. The second kappa shape index (κ2) is 22.5. The number of rotatable bonds is 25. The standard InChI is InChI=1S/C23H39NO11/c1-2-35-23(27)5-7-28-9-11-30-13-15-32-17-19-34-20-18-33-16-14-31-12-10-29-8-6-24-21(25)3-4-22(24)26/h3-4H,2,5-20H2,1H3. The second-order valence-electron chi connectivity index (χ2n) is 7.00. The maximum absolute atomic E-state index is 11.4. The molecule has 1 rings (SSSR count). The van der Waals surface area contributed by atoms with E-state index in [9.17, 15) is 14.4 Å². The van der Waals surface area contributed by atoms with Crippen LogP contribution in [0.3, 0.4) is 0 Å². The molecule has 1 aliphatic heterocycles. The molecule has 0 aromatic heterocycles. The van der Waals surface area contributed by atoms with Gasteiger partial charge in [0.15, 0.2) is 0 Å². The van der Waals surface area contributed by atoms with E-state index in [-0.39, 0.29) is 37.4 Å². The van der Waals surface area contributed by atoms with Crippen LogP contribution >= 0.6 is 0 Å². The number of nitrogens with zero attached hydrogens (tertiary/aromatic N) is 1. The highest BCUT2D eigenvalue weighted by atomic mass is 16.6. The summed E-state index contributed by atoms with van der Waals surface area (Å²) in [5.74, 6) is -0.874. The van der Waals surface area contributed by atoms with Gasteiger partial charge < -0.3 is 37.9 Å². The molecule has 1 heterocycles. The minimum atomic E-state index is -0.308. The monoisotopic (exact) mass is 505 g/mol. The molecular formula is C23H39NO11. The van der Waals surface area contributed by atoms with E-state index < -0.39 is 0 Å². The smallest absolute Gasteiger partial charge is 0.308 e. The molecule has 0 aliphatic carbocycles. The highest BCUT2D eigenvalue weighted by Crippen LogP contribution is 2.02. The van der Waals surface area contributed by atoms with Crippen molar-refractivity contribution in [3.05, 3.63) is 12.2 Å². The highest BCUT2D eigenvalue weighted by molar-refractivity contribution is 6.12. The lowest BCUT2D eigenvalue weighted by atomic mass is 10.5. The Morgan fingerprint density at radius 2 is 0.943 bits per heavy atom. The molecule has 35 heavy (non-hydrogen) atoms. The average Bonchev–Trinajstić information content (AvgIpc) is 3.16. The van der Waals surface area contributed by atoms with Crippen molar-refractivity contribution in [2.45, 2.75) is 13.3 Å². The molecule has 202 valence electrons. The van der Waals surface area contributed by atoms with E-state index in [0.29, 0.717) is 92.5 Å². The molecule has 0 saturated carbocycles. The number of ether oxygens (including phenoxy) is 8. The van der Waals surface area contributed by atoms with E-state index in [1.165, 1.54) is 12.2 Å². The number of imide groups is 1. The lowest BCUT2D eigenvalue weighted by Crippen LogP contribution is -2.33. The fraction of sp³-hybridized carbons (Fsp3) is 0.783. The minimum Gasteiger partial charge on any atom is -0.466 e. The third-order valence-corrected chi connectivity index (χ3v) is 4.35. The molecule has 0 unspecified atom stereocenters. The van der Waals surface area contributed by atoms with Crippen molar-refractivity contribution in [3.63, 3.8) is 0 Å². The summed E-state index contributed by atoms with van der Waals surface area (Å²) in [7, 11) is 0. The van der Waals surface area contributed by atoms with E-state index in [0.717, 1.165) is 4.90 Å². The van der Waals surface area contributed by atoms with Gasteiger partial charge in [-0.2, -0.15) is 0 Å². The number of amides is 2. The van der Waals surface area contributed by atoms with Crippen LogP contribution in [0.15, 0.2) is 12.2 Å². The summed E-state index contributed by atoms with van der Waals surface area (Å²) < 4.78 is 42.3. The maximum atomic E-state index is 11.4. The average molecular weight is 506 g/mol. The van der Waals surface area contributed by atoms with Gasteiger partial charge in [-0.15, -0.1) is 0 Å².